The molecular formula is C18H26N2O3. The summed E-state index contributed by atoms with van der Waals surface area (Å²) in [5, 5.41) is 12.6. The lowest BCUT2D eigenvalue weighted by atomic mass is 10.1. The van der Waals surface area contributed by atoms with E-state index in [0.29, 0.717) is 13.1 Å². The number of hydrogen-bond donors (Lipinski definition) is 2. The average molecular weight is 318 g/mol. The van der Waals surface area contributed by atoms with Gasteiger partial charge in [-0.3, -0.25) is 0 Å². The zero-order valence-corrected chi connectivity index (χ0v) is 14.1. The lowest BCUT2D eigenvalue weighted by molar-refractivity contribution is 0.0265. The Morgan fingerprint density at radius 3 is 2.52 bits per heavy atom. The SMILES string of the molecule is CC(C)(C)OC(=O)N1CC=C(CNCc2ccc(O)cc2)CC1. The van der Waals surface area contributed by atoms with Crippen LogP contribution in [0.5, 0.6) is 5.75 Å². The van der Waals surface area contributed by atoms with Gasteiger partial charge in [-0.15, -0.1) is 0 Å². The van der Waals surface area contributed by atoms with Crippen molar-refractivity contribution in [3.05, 3.63) is 41.5 Å². The third-order valence-corrected chi connectivity index (χ3v) is 3.57. The minimum atomic E-state index is -0.452. The van der Waals surface area contributed by atoms with Gasteiger partial charge in [0.05, 0.1) is 0 Å². The van der Waals surface area contributed by atoms with Gasteiger partial charge in [-0.05, 0) is 44.9 Å². The summed E-state index contributed by atoms with van der Waals surface area (Å²) < 4.78 is 5.38. The smallest absolute Gasteiger partial charge is 0.410 e. The maximum absolute atomic E-state index is 12.0. The van der Waals surface area contributed by atoms with Gasteiger partial charge in [-0.25, -0.2) is 4.79 Å². The Labute approximate surface area is 137 Å². The second-order valence-corrected chi connectivity index (χ2v) is 6.81. The molecule has 0 saturated carbocycles. The summed E-state index contributed by atoms with van der Waals surface area (Å²) >= 11 is 0. The predicted octanol–water partition coefficient (Wildman–Crippen LogP) is 3.05. The molecule has 2 rings (SSSR count). The molecule has 0 radical (unpaired) electrons. The number of nitrogens with zero attached hydrogens (tertiary/aromatic N) is 1. The van der Waals surface area contributed by atoms with Crippen molar-refractivity contribution in [2.75, 3.05) is 19.6 Å². The molecule has 0 aliphatic carbocycles. The van der Waals surface area contributed by atoms with Crippen molar-refractivity contribution < 1.29 is 14.6 Å². The Balaban J connectivity index is 1.74. The van der Waals surface area contributed by atoms with E-state index in [9.17, 15) is 9.90 Å². The van der Waals surface area contributed by atoms with Crippen LogP contribution < -0.4 is 5.32 Å². The number of benzene rings is 1. The Morgan fingerprint density at radius 2 is 1.96 bits per heavy atom. The van der Waals surface area contributed by atoms with Gasteiger partial charge in [0.15, 0.2) is 0 Å². The fourth-order valence-electron chi connectivity index (χ4n) is 2.35. The Morgan fingerprint density at radius 1 is 1.26 bits per heavy atom. The zero-order valence-electron chi connectivity index (χ0n) is 14.1. The molecule has 0 aromatic heterocycles. The van der Waals surface area contributed by atoms with Crippen LogP contribution in [-0.2, 0) is 11.3 Å². The highest BCUT2D eigenvalue weighted by Gasteiger charge is 2.23. The van der Waals surface area contributed by atoms with Gasteiger partial charge in [0.1, 0.15) is 11.4 Å². The quantitative estimate of drug-likeness (QED) is 0.838. The number of phenolic OH excluding ortho intramolecular Hbond substituents is 1. The predicted molar refractivity (Wildman–Crippen MR) is 90.3 cm³/mol. The highest BCUT2D eigenvalue weighted by Crippen LogP contribution is 2.15. The molecular weight excluding hydrogens is 292 g/mol. The fourth-order valence-corrected chi connectivity index (χ4v) is 2.35. The third kappa shape index (κ3) is 5.94. The van der Waals surface area contributed by atoms with Crippen molar-refractivity contribution in [1.82, 2.24) is 10.2 Å². The minimum Gasteiger partial charge on any atom is -0.508 e. The van der Waals surface area contributed by atoms with Gasteiger partial charge in [0.25, 0.3) is 0 Å². The summed E-state index contributed by atoms with van der Waals surface area (Å²) in [5.41, 5.74) is 1.99. The van der Waals surface area contributed by atoms with Gasteiger partial charge < -0.3 is 20.1 Å². The molecule has 1 heterocycles. The standard InChI is InChI=1S/C18H26N2O3/c1-18(2,3)23-17(22)20-10-8-15(9-11-20)13-19-12-14-4-6-16(21)7-5-14/h4-8,19,21H,9-13H2,1-3H3. The molecule has 0 spiro atoms. The van der Waals surface area contributed by atoms with Crippen molar-refractivity contribution in [3.63, 3.8) is 0 Å². The van der Waals surface area contributed by atoms with Gasteiger partial charge >= 0.3 is 6.09 Å². The first-order valence-electron chi connectivity index (χ1n) is 7.98. The molecule has 1 amide bonds. The third-order valence-electron chi connectivity index (χ3n) is 3.57. The summed E-state index contributed by atoms with van der Waals surface area (Å²) in [5.74, 6) is 0.283. The second kappa shape index (κ2) is 7.51. The highest BCUT2D eigenvalue weighted by molar-refractivity contribution is 5.68. The van der Waals surface area contributed by atoms with Crippen LogP contribution in [0.4, 0.5) is 4.79 Å². The van der Waals surface area contributed by atoms with Crippen LogP contribution in [0.25, 0.3) is 0 Å². The Kier molecular flexibility index (Phi) is 5.66. The molecule has 1 aliphatic rings. The number of rotatable bonds is 4. The van der Waals surface area contributed by atoms with E-state index < -0.39 is 5.60 Å². The van der Waals surface area contributed by atoms with Crippen LogP contribution in [0.15, 0.2) is 35.9 Å². The molecule has 126 valence electrons. The molecule has 0 saturated heterocycles. The number of nitrogens with one attached hydrogen (secondary N) is 1. The molecule has 0 atom stereocenters. The maximum Gasteiger partial charge on any atom is 0.410 e. The van der Waals surface area contributed by atoms with Crippen LogP contribution in [0, 0.1) is 0 Å². The molecule has 2 N–H and O–H groups in total. The van der Waals surface area contributed by atoms with Crippen LogP contribution in [0.2, 0.25) is 0 Å². The van der Waals surface area contributed by atoms with Crippen molar-refractivity contribution >= 4 is 6.09 Å². The van der Waals surface area contributed by atoms with Gasteiger partial charge in [-0.2, -0.15) is 0 Å². The highest BCUT2D eigenvalue weighted by atomic mass is 16.6. The number of ether oxygens (including phenoxy) is 1. The van der Waals surface area contributed by atoms with E-state index in [1.54, 1.807) is 17.0 Å². The normalized spacial score (nSPS) is 15.3. The number of carbonyl (C=O) groups is 1. The van der Waals surface area contributed by atoms with Crippen LogP contribution in [0.1, 0.15) is 32.8 Å². The first-order valence-corrected chi connectivity index (χ1v) is 7.98. The number of carbonyl (C=O) groups excluding carboxylic acids is 1. The number of aromatic hydroxyl groups is 1. The lowest BCUT2D eigenvalue weighted by Gasteiger charge is -2.29. The fraction of sp³-hybridized carbons (Fsp3) is 0.500. The summed E-state index contributed by atoms with van der Waals surface area (Å²) in [6.07, 6.45) is 2.71. The zero-order chi connectivity index (χ0) is 16.9. The van der Waals surface area contributed by atoms with E-state index >= 15 is 0 Å². The first kappa shape index (κ1) is 17.3. The molecule has 1 aliphatic heterocycles. The lowest BCUT2D eigenvalue weighted by Crippen LogP contribution is -2.39. The number of phenols is 1. The minimum absolute atomic E-state index is 0.246. The topological polar surface area (TPSA) is 61.8 Å². The van der Waals surface area contributed by atoms with Crippen LogP contribution in [0.3, 0.4) is 0 Å². The summed E-state index contributed by atoms with van der Waals surface area (Å²) in [4.78, 5) is 13.7. The van der Waals surface area contributed by atoms with Crippen molar-refractivity contribution in [1.29, 1.82) is 0 Å². The molecule has 0 bridgehead atoms. The number of amides is 1. The largest absolute Gasteiger partial charge is 0.508 e. The van der Waals surface area contributed by atoms with Crippen molar-refractivity contribution in [2.45, 2.75) is 39.3 Å². The first-order chi connectivity index (χ1) is 10.8. The molecule has 0 unspecified atom stereocenters. The van der Waals surface area contributed by atoms with E-state index in [2.05, 4.69) is 11.4 Å². The van der Waals surface area contributed by atoms with Gasteiger partial charge in [0.2, 0.25) is 0 Å². The van der Waals surface area contributed by atoms with Crippen molar-refractivity contribution in [3.8, 4) is 5.75 Å². The van der Waals surface area contributed by atoms with Gasteiger partial charge in [0, 0.05) is 26.2 Å². The van der Waals surface area contributed by atoms with E-state index in [4.69, 9.17) is 4.74 Å². The Hall–Kier alpha value is -2.01. The number of hydrogen-bond acceptors (Lipinski definition) is 4. The van der Waals surface area contributed by atoms with E-state index in [-0.39, 0.29) is 11.8 Å². The average Bonchev–Trinajstić information content (AvgIpc) is 2.48. The van der Waals surface area contributed by atoms with Crippen molar-refractivity contribution in [2.24, 2.45) is 0 Å². The van der Waals surface area contributed by atoms with Gasteiger partial charge in [-0.1, -0.05) is 23.8 Å². The summed E-state index contributed by atoms with van der Waals surface area (Å²) in [6, 6.07) is 7.19. The summed E-state index contributed by atoms with van der Waals surface area (Å²) in [6.45, 7) is 8.50. The molecule has 1 aromatic carbocycles. The van der Waals surface area contributed by atoms with E-state index in [1.165, 1.54) is 5.57 Å². The van der Waals surface area contributed by atoms with Crippen LogP contribution in [-0.4, -0.2) is 41.3 Å². The molecule has 5 nitrogen and oxygen atoms in total. The molecule has 1 aromatic rings. The van der Waals surface area contributed by atoms with E-state index in [0.717, 1.165) is 25.1 Å². The second-order valence-electron chi connectivity index (χ2n) is 6.81. The summed E-state index contributed by atoms with van der Waals surface area (Å²) in [7, 11) is 0. The maximum atomic E-state index is 12.0. The molecule has 23 heavy (non-hydrogen) atoms. The Bertz CT molecular complexity index is 559. The molecule has 5 heteroatoms. The van der Waals surface area contributed by atoms with Crippen LogP contribution >= 0.6 is 0 Å². The molecule has 0 fully saturated rings. The monoisotopic (exact) mass is 318 g/mol. The van der Waals surface area contributed by atoms with E-state index in [1.807, 2.05) is 32.9 Å².